The van der Waals surface area contributed by atoms with Crippen LogP contribution in [0.25, 0.3) is 0 Å². The number of aryl methyl sites for hydroxylation is 1. The monoisotopic (exact) mass is 347 g/mol. The van der Waals surface area contributed by atoms with E-state index in [-0.39, 0.29) is 5.75 Å². The Morgan fingerprint density at radius 3 is 2.46 bits per heavy atom. The largest absolute Gasteiger partial charge is 0.506 e. The van der Waals surface area contributed by atoms with Crippen molar-refractivity contribution in [2.45, 2.75) is 46.5 Å². The van der Waals surface area contributed by atoms with Crippen LogP contribution in [0.2, 0.25) is 0 Å². The first-order valence-corrected chi connectivity index (χ1v) is 9.27. The van der Waals surface area contributed by atoms with Gasteiger partial charge in [-0.25, -0.2) is 4.98 Å². The summed E-state index contributed by atoms with van der Waals surface area (Å²) >= 11 is 1.22. The first kappa shape index (κ1) is 18.3. The summed E-state index contributed by atoms with van der Waals surface area (Å²) in [6, 6.07) is 5.52. The molecule has 0 radical (unpaired) electrons. The number of benzene rings is 1. The Labute approximate surface area is 147 Å². The van der Waals surface area contributed by atoms with Gasteiger partial charge in [-0.1, -0.05) is 20.8 Å². The normalized spacial score (nSPS) is 11.3. The number of rotatable bonds is 9. The van der Waals surface area contributed by atoms with Crippen molar-refractivity contribution in [3.05, 3.63) is 24.0 Å². The minimum Gasteiger partial charge on any atom is -0.506 e. The van der Waals surface area contributed by atoms with Crippen LogP contribution in [0.5, 0.6) is 5.75 Å². The molecular formula is C17H25N5OS. The summed E-state index contributed by atoms with van der Waals surface area (Å²) in [6.07, 6.45) is 3.98. The zero-order valence-electron chi connectivity index (χ0n) is 14.6. The zero-order chi connectivity index (χ0) is 17.4. The summed E-state index contributed by atoms with van der Waals surface area (Å²) in [4.78, 5) is 6.56. The lowest BCUT2D eigenvalue weighted by Crippen LogP contribution is -2.24. The molecule has 0 bridgehead atoms. The van der Waals surface area contributed by atoms with Crippen molar-refractivity contribution >= 4 is 28.0 Å². The quantitative estimate of drug-likeness (QED) is 0.630. The summed E-state index contributed by atoms with van der Waals surface area (Å²) in [5.41, 5.74) is 1.45. The van der Waals surface area contributed by atoms with Gasteiger partial charge in [0.15, 0.2) is 0 Å². The molecule has 24 heavy (non-hydrogen) atoms. The highest BCUT2D eigenvalue weighted by atomic mass is 32.1. The van der Waals surface area contributed by atoms with E-state index in [0.717, 1.165) is 50.3 Å². The van der Waals surface area contributed by atoms with Crippen molar-refractivity contribution in [1.29, 1.82) is 0 Å². The molecule has 0 unspecified atom stereocenters. The van der Waals surface area contributed by atoms with E-state index in [1.807, 2.05) is 6.07 Å². The van der Waals surface area contributed by atoms with Gasteiger partial charge in [0, 0.05) is 42.8 Å². The molecule has 130 valence electrons. The number of aromatic hydroxyl groups is 1. The molecule has 7 heteroatoms. The van der Waals surface area contributed by atoms with Gasteiger partial charge in [-0.05, 0) is 31.4 Å². The summed E-state index contributed by atoms with van der Waals surface area (Å²) in [6.45, 7) is 8.33. The molecule has 0 aliphatic carbocycles. The van der Waals surface area contributed by atoms with E-state index in [1.165, 1.54) is 11.5 Å². The molecule has 0 saturated heterocycles. The lowest BCUT2D eigenvalue weighted by atomic mass is 10.2. The minimum absolute atomic E-state index is 0.131. The maximum atomic E-state index is 10.2. The lowest BCUT2D eigenvalue weighted by molar-refractivity contribution is 0.476. The van der Waals surface area contributed by atoms with Gasteiger partial charge >= 0.3 is 0 Å². The third kappa shape index (κ3) is 4.99. The van der Waals surface area contributed by atoms with Crippen LogP contribution in [-0.4, -0.2) is 27.6 Å². The van der Waals surface area contributed by atoms with Crippen molar-refractivity contribution < 1.29 is 5.11 Å². The molecule has 6 nitrogen and oxygen atoms in total. The van der Waals surface area contributed by atoms with Gasteiger partial charge in [0.05, 0.1) is 0 Å². The number of phenols is 1. The highest BCUT2D eigenvalue weighted by molar-refractivity contribution is 7.09. The number of anilines is 1. The third-order valence-electron chi connectivity index (χ3n) is 3.49. The second-order valence-corrected chi connectivity index (χ2v) is 6.33. The van der Waals surface area contributed by atoms with Gasteiger partial charge < -0.3 is 10.0 Å². The molecule has 1 N–H and O–H groups in total. The van der Waals surface area contributed by atoms with Gasteiger partial charge in [0.25, 0.3) is 0 Å². The Morgan fingerprint density at radius 2 is 1.83 bits per heavy atom. The maximum Gasteiger partial charge on any atom is 0.249 e. The number of azo groups is 1. The first-order chi connectivity index (χ1) is 11.7. The second kappa shape index (κ2) is 9.32. The van der Waals surface area contributed by atoms with Gasteiger partial charge in [-0.15, -0.1) is 10.2 Å². The topological polar surface area (TPSA) is 74.0 Å². The van der Waals surface area contributed by atoms with Crippen molar-refractivity contribution in [2.75, 3.05) is 18.0 Å². The number of hydrogen-bond acceptors (Lipinski definition) is 7. The average molecular weight is 347 g/mol. The van der Waals surface area contributed by atoms with Crippen LogP contribution in [-0.2, 0) is 6.42 Å². The molecule has 0 atom stereocenters. The van der Waals surface area contributed by atoms with Crippen LogP contribution >= 0.6 is 11.5 Å². The molecule has 0 fully saturated rings. The summed E-state index contributed by atoms with van der Waals surface area (Å²) in [5.74, 6) is 0.928. The van der Waals surface area contributed by atoms with Crippen LogP contribution in [0.3, 0.4) is 0 Å². The molecule has 0 spiro atoms. The molecule has 0 amide bonds. The predicted octanol–water partition coefficient (Wildman–Crippen LogP) is 5.24. The Hall–Kier alpha value is -2.02. The summed E-state index contributed by atoms with van der Waals surface area (Å²) in [5, 5.41) is 18.9. The van der Waals surface area contributed by atoms with Crippen LogP contribution in [0.4, 0.5) is 16.5 Å². The third-order valence-corrected chi connectivity index (χ3v) is 4.12. The fourth-order valence-electron chi connectivity index (χ4n) is 2.41. The van der Waals surface area contributed by atoms with E-state index in [2.05, 4.69) is 45.3 Å². The number of hydrogen-bond donors (Lipinski definition) is 1. The van der Waals surface area contributed by atoms with E-state index in [1.54, 1.807) is 12.1 Å². The Morgan fingerprint density at radius 1 is 1.08 bits per heavy atom. The highest BCUT2D eigenvalue weighted by Crippen LogP contribution is 2.32. The van der Waals surface area contributed by atoms with Gasteiger partial charge in [-0.3, -0.25) is 0 Å². The number of phenolic OH excluding ortho intramolecular Hbond substituents is 1. The van der Waals surface area contributed by atoms with E-state index in [4.69, 9.17) is 0 Å². The molecule has 2 rings (SSSR count). The minimum atomic E-state index is 0.131. The highest BCUT2D eigenvalue weighted by Gasteiger charge is 2.09. The Kier molecular flexibility index (Phi) is 7.11. The Bertz CT molecular complexity index is 665. The molecule has 0 aliphatic rings. The molecule has 1 aromatic heterocycles. The van der Waals surface area contributed by atoms with Crippen molar-refractivity contribution in [2.24, 2.45) is 10.2 Å². The fourth-order valence-corrected chi connectivity index (χ4v) is 2.95. The van der Waals surface area contributed by atoms with E-state index in [9.17, 15) is 5.11 Å². The van der Waals surface area contributed by atoms with Crippen LogP contribution in [0, 0.1) is 0 Å². The predicted molar refractivity (Wildman–Crippen MR) is 99.0 cm³/mol. The van der Waals surface area contributed by atoms with E-state index >= 15 is 0 Å². The summed E-state index contributed by atoms with van der Waals surface area (Å²) in [7, 11) is 0. The fraction of sp³-hybridized carbons (Fsp3) is 0.529. The van der Waals surface area contributed by atoms with Crippen LogP contribution in [0.1, 0.15) is 45.9 Å². The standard InChI is InChI=1S/C17H25N5OS/c1-4-7-16-18-17(24-21-16)20-19-14-9-8-13(12-15(14)23)22(10-5-2)11-6-3/h8-9,12,23H,4-7,10-11H2,1-3H3. The molecular weight excluding hydrogens is 322 g/mol. The van der Waals surface area contributed by atoms with Gasteiger partial charge in [0.2, 0.25) is 5.13 Å². The number of nitrogens with zero attached hydrogens (tertiary/aromatic N) is 5. The maximum absolute atomic E-state index is 10.2. The van der Waals surface area contributed by atoms with Crippen molar-refractivity contribution in [1.82, 2.24) is 9.36 Å². The molecule has 0 aliphatic heterocycles. The van der Waals surface area contributed by atoms with E-state index < -0.39 is 0 Å². The SMILES string of the molecule is CCCc1nsc(N=Nc2ccc(N(CCC)CCC)cc2O)n1. The zero-order valence-corrected chi connectivity index (χ0v) is 15.4. The molecule has 1 aromatic carbocycles. The molecule has 0 saturated carbocycles. The second-order valence-electron chi connectivity index (χ2n) is 5.60. The van der Waals surface area contributed by atoms with Crippen LogP contribution < -0.4 is 4.90 Å². The lowest BCUT2D eigenvalue weighted by Gasteiger charge is -2.24. The van der Waals surface area contributed by atoms with E-state index in [0.29, 0.717) is 10.8 Å². The van der Waals surface area contributed by atoms with Gasteiger partial charge in [-0.2, -0.15) is 4.37 Å². The van der Waals surface area contributed by atoms with Crippen molar-refractivity contribution in [3.63, 3.8) is 0 Å². The number of aromatic nitrogens is 2. The molecule has 1 heterocycles. The Balaban J connectivity index is 2.12. The molecule has 2 aromatic rings. The summed E-state index contributed by atoms with van der Waals surface area (Å²) < 4.78 is 4.23. The first-order valence-electron chi connectivity index (χ1n) is 8.50. The van der Waals surface area contributed by atoms with Gasteiger partial charge in [0.1, 0.15) is 17.3 Å². The average Bonchev–Trinajstić information content (AvgIpc) is 3.01. The smallest absolute Gasteiger partial charge is 0.249 e. The van der Waals surface area contributed by atoms with Crippen molar-refractivity contribution in [3.8, 4) is 5.75 Å². The van der Waals surface area contributed by atoms with Crippen LogP contribution in [0.15, 0.2) is 28.4 Å².